The number of nitrogens with one attached hydrogen (secondary N) is 1. The largest absolute Gasteiger partial charge is 0.493 e. The SMILES string of the molecule is COc1cc(/C=C(\C#N)C(=O)NC(C)C)ccc1OC(=O)COc1ccc(-c2ccccc2)cc1. The summed E-state index contributed by atoms with van der Waals surface area (Å²) in [7, 11) is 1.43. The maximum atomic E-state index is 12.3. The number of methoxy groups -OCH3 is 1. The van der Waals surface area contributed by atoms with Gasteiger partial charge in [0.15, 0.2) is 18.1 Å². The van der Waals surface area contributed by atoms with Crippen molar-refractivity contribution in [1.82, 2.24) is 5.32 Å². The monoisotopic (exact) mass is 470 g/mol. The Balaban J connectivity index is 1.62. The first kappa shape index (κ1) is 25.1. The number of carbonyl (C=O) groups is 2. The first-order valence-electron chi connectivity index (χ1n) is 11.0. The fraction of sp³-hybridized carbons (Fsp3) is 0.179. The quantitative estimate of drug-likeness (QED) is 0.209. The normalized spacial score (nSPS) is 10.9. The molecule has 0 aliphatic carbocycles. The van der Waals surface area contributed by atoms with E-state index >= 15 is 0 Å². The lowest BCUT2D eigenvalue weighted by atomic mass is 10.1. The third-order valence-electron chi connectivity index (χ3n) is 4.83. The Kier molecular flexibility index (Phi) is 8.63. The van der Waals surface area contributed by atoms with Gasteiger partial charge in [0.2, 0.25) is 0 Å². The zero-order chi connectivity index (χ0) is 25.2. The van der Waals surface area contributed by atoms with E-state index in [1.54, 1.807) is 24.3 Å². The second-order valence-corrected chi connectivity index (χ2v) is 7.86. The summed E-state index contributed by atoms with van der Waals surface area (Å²) in [6.07, 6.45) is 1.44. The van der Waals surface area contributed by atoms with Crippen molar-refractivity contribution in [3.8, 4) is 34.4 Å². The van der Waals surface area contributed by atoms with Crippen LogP contribution < -0.4 is 19.5 Å². The highest BCUT2D eigenvalue weighted by atomic mass is 16.6. The van der Waals surface area contributed by atoms with Gasteiger partial charge in [0.25, 0.3) is 5.91 Å². The molecule has 0 aliphatic heterocycles. The number of amides is 1. The van der Waals surface area contributed by atoms with Gasteiger partial charge in [-0.2, -0.15) is 5.26 Å². The van der Waals surface area contributed by atoms with Crippen LogP contribution in [0.15, 0.2) is 78.4 Å². The third kappa shape index (κ3) is 7.21. The van der Waals surface area contributed by atoms with Crippen LogP contribution in [0, 0.1) is 11.3 Å². The smallest absolute Gasteiger partial charge is 0.349 e. The first-order chi connectivity index (χ1) is 16.9. The van der Waals surface area contributed by atoms with Gasteiger partial charge in [-0.05, 0) is 60.9 Å². The summed E-state index contributed by atoms with van der Waals surface area (Å²) in [5, 5.41) is 12.0. The summed E-state index contributed by atoms with van der Waals surface area (Å²) >= 11 is 0. The highest BCUT2D eigenvalue weighted by Crippen LogP contribution is 2.29. The van der Waals surface area contributed by atoms with Crippen LogP contribution in [0.5, 0.6) is 17.2 Å². The van der Waals surface area contributed by atoms with Crippen LogP contribution >= 0.6 is 0 Å². The molecule has 7 heteroatoms. The molecule has 0 saturated carbocycles. The number of hydrogen-bond acceptors (Lipinski definition) is 6. The van der Waals surface area contributed by atoms with Gasteiger partial charge in [0, 0.05) is 6.04 Å². The number of nitrogens with zero attached hydrogens (tertiary/aromatic N) is 1. The summed E-state index contributed by atoms with van der Waals surface area (Å²) in [5.74, 6) is -0.0554. The van der Waals surface area contributed by atoms with E-state index in [0.29, 0.717) is 11.3 Å². The van der Waals surface area contributed by atoms with E-state index in [0.717, 1.165) is 11.1 Å². The minimum atomic E-state index is -0.604. The maximum Gasteiger partial charge on any atom is 0.349 e. The predicted molar refractivity (Wildman–Crippen MR) is 133 cm³/mol. The lowest BCUT2D eigenvalue weighted by Gasteiger charge is -2.11. The fourth-order valence-electron chi connectivity index (χ4n) is 3.18. The van der Waals surface area contributed by atoms with E-state index in [1.165, 1.54) is 19.3 Å². The summed E-state index contributed by atoms with van der Waals surface area (Å²) in [6.45, 7) is 3.33. The Bertz CT molecular complexity index is 1240. The minimum absolute atomic E-state index is 0.0443. The topological polar surface area (TPSA) is 97.6 Å². The average molecular weight is 471 g/mol. The number of carbonyl (C=O) groups excluding carboxylic acids is 2. The molecular formula is C28H26N2O5. The Morgan fingerprint density at radius 1 is 0.971 bits per heavy atom. The lowest BCUT2D eigenvalue weighted by molar-refractivity contribution is -0.136. The fourth-order valence-corrected chi connectivity index (χ4v) is 3.18. The van der Waals surface area contributed by atoms with Gasteiger partial charge >= 0.3 is 5.97 Å². The minimum Gasteiger partial charge on any atom is -0.493 e. The molecule has 3 aromatic rings. The highest BCUT2D eigenvalue weighted by molar-refractivity contribution is 6.01. The molecule has 35 heavy (non-hydrogen) atoms. The van der Waals surface area contributed by atoms with Gasteiger partial charge in [0.05, 0.1) is 7.11 Å². The Morgan fingerprint density at radius 2 is 1.66 bits per heavy atom. The summed E-state index contributed by atoms with van der Waals surface area (Å²) in [6, 6.07) is 23.9. The second-order valence-electron chi connectivity index (χ2n) is 7.86. The lowest BCUT2D eigenvalue weighted by Crippen LogP contribution is -2.30. The molecule has 7 nitrogen and oxygen atoms in total. The van der Waals surface area contributed by atoms with Crippen molar-refractivity contribution in [3.63, 3.8) is 0 Å². The van der Waals surface area contributed by atoms with Crippen LogP contribution in [0.3, 0.4) is 0 Å². The summed E-state index contributed by atoms with van der Waals surface area (Å²) < 4.78 is 16.2. The van der Waals surface area contributed by atoms with Crippen molar-refractivity contribution in [2.24, 2.45) is 0 Å². The van der Waals surface area contributed by atoms with Crippen molar-refractivity contribution >= 4 is 18.0 Å². The third-order valence-corrected chi connectivity index (χ3v) is 4.83. The summed E-state index contributed by atoms with van der Waals surface area (Å²) in [4.78, 5) is 24.5. The molecule has 0 fully saturated rings. The molecule has 0 unspecified atom stereocenters. The molecule has 0 radical (unpaired) electrons. The van der Waals surface area contributed by atoms with Crippen LogP contribution in [0.1, 0.15) is 19.4 Å². The Labute approximate surface area is 204 Å². The van der Waals surface area contributed by atoms with Crippen LogP contribution in [0.4, 0.5) is 0 Å². The molecule has 0 atom stereocenters. The molecule has 0 spiro atoms. The van der Waals surface area contributed by atoms with Gasteiger partial charge in [-0.25, -0.2) is 4.79 Å². The summed E-state index contributed by atoms with van der Waals surface area (Å²) in [5.41, 5.74) is 2.64. The van der Waals surface area contributed by atoms with Crippen LogP contribution in [0.25, 0.3) is 17.2 Å². The molecule has 0 heterocycles. The molecule has 1 N–H and O–H groups in total. The van der Waals surface area contributed by atoms with Crippen LogP contribution in [-0.4, -0.2) is 31.6 Å². The molecule has 0 bridgehead atoms. The van der Waals surface area contributed by atoms with Gasteiger partial charge in [-0.3, -0.25) is 4.79 Å². The van der Waals surface area contributed by atoms with Gasteiger partial charge in [0.1, 0.15) is 17.4 Å². The van der Waals surface area contributed by atoms with E-state index in [2.05, 4.69) is 5.32 Å². The van der Waals surface area contributed by atoms with Gasteiger partial charge in [-0.1, -0.05) is 48.5 Å². The zero-order valence-corrected chi connectivity index (χ0v) is 19.8. The van der Waals surface area contributed by atoms with Crippen molar-refractivity contribution in [1.29, 1.82) is 5.26 Å². The van der Waals surface area contributed by atoms with Crippen molar-refractivity contribution in [2.45, 2.75) is 19.9 Å². The first-order valence-corrected chi connectivity index (χ1v) is 11.0. The van der Waals surface area contributed by atoms with Crippen molar-refractivity contribution in [2.75, 3.05) is 13.7 Å². The highest BCUT2D eigenvalue weighted by Gasteiger charge is 2.14. The molecular weight excluding hydrogens is 444 g/mol. The molecule has 3 aromatic carbocycles. The second kappa shape index (κ2) is 12.1. The zero-order valence-electron chi connectivity index (χ0n) is 19.8. The number of esters is 1. The number of hydrogen-bond donors (Lipinski definition) is 1. The molecule has 0 aromatic heterocycles. The maximum absolute atomic E-state index is 12.3. The number of nitriles is 1. The number of rotatable bonds is 9. The molecule has 0 aliphatic rings. The van der Waals surface area contributed by atoms with Gasteiger partial charge in [-0.15, -0.1) is 0 Å². The van der Waals surface area contributed by atoms with E-state index in [1.807, 2.05) is 62.4 Å². The molecule has 3 rings (SSSR count). The molecule has 0 saturated heterocycles. The van der Waals surface area contributed by atoms with Crippen LogP contribution in [0.2, 0.25) is 0 Å². The number of benzene rings is 3. The average Bonchev–Trinajstić information content (AvgIpc) is 2.87. The predicted octanol–water partition coefficient (Wildman–Crippen LogP) is 4.78. The Morgan fingerprint density at radius 3 is 2.29 bits per heavy atom. The van der Waals surface area contributed by atoms with Crippen LogP contribution in [-0.2, 0) is 9.59 Å². The van der Waals surface area contributed by atoms with E-state index in [9.17, 15) is 14.9 Å². The van der Waals surface area contributed by atoms with E-state index in [-0.39, 0.29) is 29.7 Å². The standard InChI is InChI=1S/C28H26N2O5/c1-19(2)30-28(32)23(17-29)15-20-9-14-25(26(16-20)33-3)35-27(31)18-34-24-12-10-22(11-13-24)21-7-5-4-6-8-21/h4-16,19H,18H2,1-3H3,(H,30,32)/b23-15+. The molecule has 178 valence electrons. The molecule has 1 amide bonds. The van der Waals surface area contributed by atoms with Gasteiger partial charge < -0.3 is 19.5 Å². The van der Waals surface area contributed by atoms with Crippen molar-refractivity contribution < 1.29 is 23.8 Å². The van der Waals surface area contributed by atoms with E-state index in [4.69, 9.17) is 14.2 Å². The Hall–Kier alpha value is -4.57. The van der Waals surface area contributed by atoms with Crippen molar-refractivity contribution in [3.05, 3.63) is 83.9 Å². The van der Waals surface area contributed by atoms with E-state index < -0.39 is 11.9 Å². The number of ether oxygens (including phenoxy) is 3.